The van der Waals surface area contributed by atoms with Crippen molar-refractivity contribution < 1.29 is 14.3 Å². The van der Waals surface area contributed by atoms with Crippen molar-refractivity contribution in [2.75, 3.05) is 13.2 Å². The van der Waals surface area contributed by atoms with E-state index in [2.05, 4.69) is 12.6 Å². The van der Waals surface area contributed by atoms with Gasteiger partial charge in [0.1, 0.15) is 5.76 Å². The van der Waals surface area contributed by atoms with Gasteiger partial charge >= 0.3 is 5.97 Å². The van der Waals surface area contributed by atoms with Crippen molar-refractivity contribution in [3.8, 4) is 0 Å². The van der Waals surface area contributed by atoms with E-state index in [1.807, 2.05) is 39.0 Å². The molecule has 0 bridgehead atoms. The zero-order chi connectivity index (χ0) is 14.0. The van der Waals surface area contributed by atoms with Crippen molar-refractivity contribution in [3.05, 3.63) is 34.5 Å². The highest BCUT2D eigenvalue weighted by molar-refractivity contribution is 7.84. The maximum absolute atomic E-state index is 11.1. The van der Waals surface area contributed by atoms with Crippen LogP contribution in [0.1, 0.15) is 34.1 Å². The summed E-state index contributed by atoms with van der Waals surface area (Å²) in [6.07, 6.45) is 6.34. The van der Waals surface area contributed by atoms with Gasteiger partial charge in [0.05, 0.1) is 6.61 Å². The SMILES string of the molecule is CC.CCOC(=O)COC1=CC=C(S)C=C(C)C1. The van der Waals surface area contributed by atoms with E-state index >= 15 is 0 Å². The van der Waals surface area contributed by atoms with Crippen molar-refractivity contribution in [2.45, 2.75) is 34.1 Å². The van der Waals surface area contributed by atoms with Gasteiger partial charge in [0.25, 0.3) is 0 Å². The van der Waals surface area contributed by atoms with Crippen LogP contribution in [0.3, 0.4) is 0 Å². The highest BCUT2D eigenvalue weighted by Crippen LogP contribution is 2.20. The van der Waals surface area contributed by atoms with E-state index in [1.165, 1.54) is 0 Å². The van der Waals surface area contributed by atoms with E-state index in [1.54, 1.807) is 6.92 Å². The molecule has 0 N–H and O–H groups in total. The van der Waals surface area contributed by atoms with Crippen LogP contribution in [-0.4, -0.2) is 19.2 Å². The third-order valence-electron chi connectivity index (χ3n) is 1.97. The van der Waals surface area contributed by atoms with Crippen LogP contribution in [0.5, 0.6) is 0 Å². The molecule has 18 heavy (non-hydrogen) atoms. The number of allylic oxidation sites excluding steroid dienone is 4. The molecule has 1 aliphatic rings. The summed E-state index contributed by atoms with van der Waals surface area (Å²) in [6.45, 7) is 8.10. The minimum Gasteiger partial charge on any atom is -0.486 e. The van der Waals surface area contributed by atoms with Gasteiger partial charge < -0.3 is 9.47 Å². The maximum atomic E-state index is 11.1. The Morgan fingerprint density at radius 1 is 1.39 bits per heavy atom. The van der Waals surface area contributed by atoms with Crippen molar-refractivity contribution >= 4 is 18.6 Å². The van der Waals surface area contributed by atoms with Crippen LogP contribution in [0.2, 0.25) is 0 Å². The van der Waals surface area contributed by atoms with Crippen LogP contribution in [0.15, 0.2) is 34.5 Å². The number of carbonyl (C=O) groups is 1. The Hall–Kier alpha value is -1.16. The van der Waals surface area contributed by atoms with Crippen LogP contribution in [0, 0.1) is 0 Å². The highest BCUT2D eigenvalue weighted by Gasteiger charge is 2.07. The van der Waals surface area contributed by atoms with Crippen molar-refractivity contribution in [2.24, 2.45) is 0 Å². The Labute approximate surface area is 115 Å². The first-order chi connectivity index (χ1) is 8.61. The smallest absolute Gasteiger partial charge is 0.344 e. The normalized spacial score (nSPS) is 14.2. The van der Waals surface area contributed by atoms with Crippen molar-refractivity contribution in [1.29, 1.82) is 0 Å². The molecule has 0 amide bonds. The van der Waals surface area contributed by atoms with Crippen molar-refractivity contribution in [3.63, 3.8) is 0 Å². The zero-order valence-electron chi connectivity index (χ0n) is 11.5. The molecule has 1 aliphatic carbocycles. The van der Waals surface area contributed by atoms with Crippen molar-refractivity contribution in [1.82, 2.24) is 0 Å². The zero-order valence-corrected chi connectivity index (χ0v) is 12.4. The van der Waals surface area contributed by atoms with Gasteiger partial charge in [-0.25, -0.2) is 4.79 Å². The molecule has 0 atom stereocenters. The topological polar surface area (TPSA) is 35.5 Å². The lowest BCUT2D eigenvalue weighted by Gasteiger charge is -2.08. The van der Waals surface area contributed by atoms with E-state index < -0.39 is 0 Å². The monoisotopic (exact) mass is 270 g/mol. The average molecular weight is 270 g/mol. The fourth-order valence-corrected chi connectivity index (χ4v) is 1.61. The first-order valence-corrected chi connectivity index (χ1v) is 6.62. The number of hydrogen-bond donors (Lipinski definition) is 1. The second kappa shape index (κ2) is 9.83. The summed E-state index contributed by atoms with van der Waals surface area (Å²) in [5.74, 6) is 0.412. The Bertz CT molecular complexity index is 354. The third-order valence-corrected chi connectivity index (χ3v) is 2.25. The predicted octanol–water partition coefficient (Wildman–Crippen LogP) is 3.64. The lowest BCUT2D eigenvalue weighted by atomic mass is 10.2. The molecule has 0 heterocycles. The fourth-order valence-electron chi connectivity index (χ4n) is 1.32. The second-order valence-electron chi connectivity index (χ2n) is 3.49. The van der Waals surface area contributed by atoms with Crippen LogP contribution in [0.25, 0.3) is 0 Å². The lowest BCUT2D eigenvalue weighted by molar-refractivity contribution is -0.147. The summed E-state index contributed by atoms with van der Waals surface area (Å²) in [7, 11) is 0. The standard InChI is InChI=1S/C12H16O3S.C2H6/c1-3-14-12(13)8-15-10-4-5-11(16)7-9(2)6-10;1-2/h4-5,7,16H,3,6,8H2,1-2H3;1-2H3. The molecule has 0 aliphatic heterocycles. The number of ether oxygens (including phenoxy) is 2. The highest BCUT2D eigenvalue weighted by atomic mass is 32.1. The largest absolute Gasteiger partial charge is 0.486 e. The molecule has 0 saturated heterocycles. The molecule has 102 valence electrons. The summed E-state index contributed by atoms with van der Waals surface area (Å²) in [6, 6.07) is 0. The number of rotatable bonds is 4. The summed E-state index contributed by atoms with van der Waals surface area (Å²) < 4.78 is 10.1. The van der Waals surface area contributed by atoms with E-state index in [9.17, 15) is 4.79 Å². The molecule has 1 rings (SSSR count). The third kappa shape index (κ3) is 7.22. The summed E-state index contributed by atoms with van der Waals surface area (Å²) >= 11 is 4.27. The van der Waals surface area contributed by atoms with Crippen LogP contribution < -0.4 is 0 Å². The molecule has 0 unspecified atom stereocenters. The molecular formula is C14H22O3S. The molecule has 0 saturated carbocycles. The van der Waals surface area contributed by atoms with Gasteiger partial charge in [-0.1, -0.05) is 19.4 Å². The molecule has 0 fully saturated rings. The first kappa shape index (κ1) is 16.8. The van der Waals surface area contributed by atoms with E-state index in [4.69, 9.17) is 9.47 Å². The Morgan fingerprint density at radius 2 is 2.06 bits per heavy atom. The van der Waals surface area contributed by atoms with E-state index in [0.717, 1.165) is 16.2 Å². The van der Waals surface area contributed by atoms with E-state index in [0.29, 0.717) is 13.0 Å². The number of hydrogen-bond acceptors (Lipinski definition) is 4. The predicted molar refractivity (Wildman–Crippen MR) is 77.5 cm³/mol. The van der Waals surface area contributed by atoms with Crippen LogP contribution in [-0.2, 0) is 14.3 Å². The number of carbonyl (C=O) groups excluding carboxylic acids is 1. The maximum Gasteiger partial charge on any atom is 0.344 e. The molecule has 3 nitrogen and oxygen atoms in total. The van der Waals surface area contributed by atoms with Gasteiger partial charge in [-0.05, 0) is 32.1 Å². The molecule has 0 spiro atoms. The number of esters is 1. The van der Waals surface area contributed by atoms with Gasteiger partial charge in [0, 0.05) is 11.3 Å². The van der Waals surface area contributed by atoms with Gasteiger partial charge in [-0.15, -0.1) is 12.6 Å². The summed E-state index contributed by atoms with van der Waals surface area (Å²) in [5, 5.41) is 0. The fraction of sp³-hybridized carbons (Fsp3) is 0.500. The molecule has 0 aromatic carbocycles. The second-order valence-corrected chi connectivity index (χ2v) is 4.00. The van der Waals surface area contributed by atoms with Gasteiger partial charge in [0.2, 0.25) is 0 Å². The lowest BCUT2D eigenvalue weighted by Crippen LogP contribution is -2.12. The van der Waals surface area contributed by atoms with Gasteiger partial charge in [-0.2, -0.15) is 0 Å². The Balaban J connectivity index is 0.00000137. The number of thiol groups is 1. The summed E-state index contributed by atoms with van der Waals surface area (Å²) in [5.41, 5.74) is 1.15. The molecule has 0 radical (unpaired) electrons. The minimum atomic E-state index is -0.343. The Kier molecular flexibility index (Phi) is 9.19. The van der Waals surface area contributed by atoms with Crippen LogP contribution >= 0.6 is 12.6 Å². The molecule has 0 aromatic rings. The Morgan fingerprint density at radius 3 is 2.67 bits per heavy atom. The molecule has 4 heteroatoms. The summed E-state index contributed by atoms with van der Waals surface area (Å²) in [4.78, 5) is 12.0. The van der Waals surface area contributed by atoms with E-state index in [-0.39, 0.29) is 12.6 Å². The quantitative estimate of drug-likeness (QED) is 0.626. The average Bonchev–Trinajstić information content (AvgIpc) is 2.50. The molecular weight excluding hydrogens is 248 g/mol. The minimum absolute atomic E-state index is 0.0390. The molecule has 0 aromatic heterocycles. The van der Waals surface area contributed by atoms with Gasteiger partial charge in [-0.3, -0.25) is 0 Å². The van der Waals surface area contributed by atoms with Crippen LogP contribution in [0.4, 0.5) is 0 Å². The van der Waals surface area contributed by atoms with Gasteiger partial charge in [0.15, 0.2) is 6.61 Å². The first-order valence-electron chi connectivity index (χ1n) is 6.17.